The van der Waals surface area contributed by atoms with Crippen LogP contribution in [0, 0.1) is 0 Å². The first kappa shape index (κ1) is 25.7. The van der Waals surface area contributed by atoms with Crippen LogP contribution in [0.4, 0.5) is 0 Å². The smallest absolute Gasteiger partial charge is 0.325 e. The maximum Gasteiger partial charge on any atom is 0.325 e. The van der Waals surface area contributed by atoms with Gasteiger partial charge in [-0.15, -0.1) is 0 Å². The number of aliphatic hydroxyl groups excluding tert-OH is 1. The molecule has 0 aliphatic rings. The second-order valence-electron chi connectivity index (χ2n) is 6.16. The third-order valence-electron chi connectivity index (χ3n) is 3.62. The fourth-order valence-corrected chi connectivity index (χ4v) is 1.99. The van der Waals surface area contributed by atoms with Gasteiger partial charge in [-0.3, -0.25) is 28.8 Å². The second-order valence-corrected chi connectivity index (χ2v) is 6.16. The topological polar surface area (TPSA) is 257 Å². The van der Waals surface area contributed by atoms with Gasteiger partial charge in [0, 0.05) is 6.42 Å². The Morgan fingerprint density at radius 2 is 1.38 bits per heavy atom. The van der Waals surface area contributed by atoms with E-state index in [-0.39, 0.29) is 12.8 Å². The van der Waals surface area contributed by atoms with Crippen LogP contribution in [0.1, 0.15) is 26.2 Å². The summed E-state index contributed by atoms with van der Waals surface area (Å²) in [5.41, 5.74) is 15.5. The van der Waals surface area contributed by atoms with Crippen LogP contribution in [0.3, 0.4) is 0 Å². The number of amides is 5. The zero-order valence-electron chi connectivity index (χ0n) is 15.7. The van der Waals surface area contributed by atoms with E-state index in [1.807, 2.05) is 0 Å². The number of aliphatic carboxylic acids is 1. The molecule has 0 heterocycles. The van der Waals surface area contributed by atoms with Gasteiger partial charge in [0.15, 0.2) is 0 Å². The van der Waals surface area contributed by atoms with E-state index >= 15 is 0 Å². The van der Waals surface area contributed by atoms with Crippen LogP contribution < -0.4 is 33.2 Å². The summed E-state index contributed by atoms with van der Waals surface area (Å²) in [6.07, 6.45) is -1.07. The number of carbonyl (C=O) groups is 6. The molecular weight excluding hydrogens is 392 g/mol. The predicted molar refractivity (Wildman–Crippen MR) is 96.4 cm³/mol. The third kappa shape index (κ3) is 10.0. The van der Waals surface area contributed by atoms with Gasteiger partial charge in [0.2, 0.25) is 29.5 Å². The highest BCUT2D eigenvalue weighted by atomic mass is 16.4. The van der Waals surface area contributed by atoms with Gasteiger partial charge in [0.25, 0.3) is 0 Å². The van der Waals surface area contributed by atoms with Gasteiger partial charge in [0.1, 0.15) is 18.1 Å². The molecule has 4 unspecified atom stereocenters. The van der Waals surface area contributed by atoms with Gasteiger partial charge >= 0.3 is 5.97 Å². The van der Waals surface area contributed by atoms with E-state index in [1.54, 1.807) is 0 Å². The van der Waals surface area contributed by atoms with Gasteiger partial charge < -0.3 is 43.4 Å². The van der Waals surface area contributed by atoms with Gasteiger partial charge in [-0.2, -0.15) is 0 Å². The van der Waals surface area contributed by atoms with E-state index in [0.717, 1.165) is 0 Å². The Morgan fingerprint density at radius 1 is 0.862 bits per heavy atom. The molecule has 164 valence electrons. The highest BCUT2D eigenvalue weighted by Gasteiger charge is 2.29. The van der Waals surface area contributed by atoms with Crippen molar-refractivity contribution in [2.75, 3.05) is 6.61 Å². The number of nitrogens with two attached hydrogens (primary N) is 3. The zero-order valence-corrected chi connectivity index (χ0v) is 15.7. The first-order chi connectivity index (χ1) is 13.4. The Morgan fingerprint density at radius 3 is 1.83 bits per heavy atom. The summed E-state index contributed by atoms with van der Waals surface area (Å²) < 4.78 is 0. The van der Waals surface area contributed by atoms with Crippen LogP contribution in [0.15, 0.2) is 0 Å². The van der Waals surface area contributed by atoms with Crippen molar-refractivity contribution in [2.24, 2.45) is 17.2 Å². The van der Waals surface area contributed by atoms with E-state index in [4.69, 9.17) is 22.3 Å². The fourth-order valence-electron chi connectivity index (χ4n) is 1.99. The quantitative estimate of drug-likeness (QED) is 0.142. The number of aliphatic hydroxyl groups is 1. The molecule has 0 saturated heterocycles. The van der Waals surface area contributed by atoms with Gasteiger partial charge in [-0.1, -0.05) is 0 Å². The van der Waals surface area contributed by atoms with Gasteiger partial charge in [-0.05, 0) is 13.3 Å². The van der Waals surface area contributed by atoms with Crippen LogP contribution in [0.2, 0.25) is 0 Å². The number of primary amides is 2. The lowest BCUT2D eigenvalue weighted by Crippen LogP contribution is -2.58. The average Bonchev–Trinajstić information content (AvgIpc) is 2.61. The molecule has 0 saturated carbocycles. The predicted octanol–water partition coefficient (Wildman–Crippen LogP) is -4.99. The summed E-state index contributed by atoms with van der Waals surface area (Å²) in [6.45, 7) is 0.300. The third-order valence-corrected chi connectivity index (χ3v) is 3.62. The maximum absolute atomic E-state index is 12.4. The Kier molecular flexibility index (Phi) is 10.9. The molecule has 14 heteroatoms. The van der Waals surface area contributed by atoms with E-state index in [2.05, 4.69) is 16.0 Å². The molecule has 14 nitrogen and oxygen atoms in total. The second kappa shape index (κ2) is 12.2. The van der Waals surface area contributed by atoms with E-state index in [9.17, 15) is 33.9 Å². The number of rotatable bonds is 13. The number of hydrogen-bond donors (Lipinski definition) is 8. The van der Waals surface area contributed by atoms with Crippen molar-refractivity contribution in [3.05, 3.63) is 0 Å². The number of carboxylic acid groups (broad SMARTS) is 1. The van der Waals surface area contributed by atoms with E-state index in [1.165, 1.54) is 6.92 Å². The van der Waals surface area contributed by atoms with Crippen molar-refractivity contribution in [1.82, 2.24) is 16.0 Å². The van der Waals surface area contributed by atoms with Gasteiger partial charge in [0.05, 0.1) is 19.1 Å². The van der Waals surface area contributed by atoms with E-state index in [0.29, 0.717) is 0 Å². The van der Waals surface area contributed by atoms with Crippen molar-refractivity contribution in [3.63, 3.8) is 0 Å². The molecule has 0 aromatic rings. The standard InChI is InChI=1S/C15H26N6O8/c1-6(15(28)29)19-14(27)9(5-22)21-13(26)8(2-3-10(17)23)20-12(25)7(16)4-11(18)24/h6-9,22H,2-5,16H2,1H3,(H2,17,23)(H2,18,24)(H,19,27)(H,20,25)(H,21,26)(H,28,29). The monoisotopic (exact) mass is 418 g/mol. The largest absolute Gasteiger partial charge is 0.480 e. The summed E-state index contributed by atoms with van der Waals surface area (Å²) >= 11 is 0. The minimum Gasteiger partial charge on any atom is -0.480 e. The average molecular weight is 418 g/mol. The zero-order chi connectivity index (χ0) is 22.7. The van der Waals surface area contributed by atoms with Crippen molar-refractivity contribution in [1.29, 1.82) is 0 Å². The van der Waals surface area contributed by atoms with Crippen LogP contribution in [-0.4, -0.2) is 76.5 Å². The number of hydrogen-bond acceptors (Lipinski definition) is 8. The number of carbonyl (C=O) groups excluding carboxylic acids is 5. The minimum absolute atomic E-state index is 0.262. The SMILES string of the molecule is CC(NC(=O)C(CO)NC(=O)C(CCC(N)=O)NC(=O)C(N)CC(N)=O)C(=O)O. The summed E-state index contributed by atoms with van der Waals surface area (Å²) in [5, 5.41) is 24.5. The minimum atomic E-state index is -1.53. The summed E-state index contributed by atoms with van der Waals surface area (Å²) in [4.78, 5) is 69.0. The number of carboxylic acids is 1. The van der Waals surface area contributed by atoms with Crippen molar-refractivity contribution in [2.45, 2.75) is 50.4 Å². The molecule has 0 aliphatic heterocycles. The fraction of sp³-hybridized carbons (Fsp3) is 0.600. The van der Waals surface area contributed by atoms with Crippen LogP contribution in [0.25, 0.3) is 0 Å². The molecule has 0 spiro atoms. The van der Waals surface area contributed by atoms with E-state index < -0.39 is 72.7 Å². The summed E-state index contributed by atoms with van der Waals surface area (Å²) in [5.74, 6) is -5.83. The normalized spacial score (nSPS) is 14.6. The number of nitrogens with one attached hydrogen (secondary N) is 3. The first-order valence-electron chi connectivity index (χ1n) is 8.46. The molecule has 0 rings (SSSR count). The van der Waals surface area contributed by atoms with Crippen molar-refractivity contribution in [3.8, 4) is 0 Å². The Labute approximate surface area is 165 Å². The summed E-state index contributed by atoms with van der Waals surface area (Å²) in [7, 11) is 0. The molecule has 29 heavy (non-hydrogen) atoms. The molecule has 0 fully saturated rings. The first-order valence-corrected chi connectivity index (χ1v) is 8.46. The lowest BCUT2D eigenvalue weighted by atomic mass is 10.1. The molecule has 0 aliphatic carbocycles. The van der Waals surface area contributed by atoms with Crippen LogP contribution >= 0.6 is 0 Å². The Hall–Kier alpha value is -3.26. The molecule has 5 amide bonds. The Bertz CT molecular complexity index is 655. The van der Waals surface area contributed by atoms with Crippen molar-refractivity contribution >= 4 is 35.5 Å². The lowest BCUT2D eigenvalue weighted by molar-refractivity contribution is -0.142. The molecule has 0 aromatic heterocycles. The molecule has 4 atom stereocenters. The molecular formula is C15H26N6O8. The maximum atomic E-state index is 12.4. The van der Waals surface area contributed by atoms with Crippen LogP contribution in [-0.2, 0) is 28.8 Å². The highest BCUT2D eigenvalue weighted by molar-refractivity contribution is 5.95. The molecule has 11 N–H and O–H groups in total. The highest BCUT2D eigenvalue weighted by Crippen LogP contribution is 2.01. The molecule has 0 radical (unpaired) electrons. The van der Waals surface area contributed by atoms with Gasteiger partial charge in [-0.25, -0.2) is 0 Å². The summed E-state index contributed by atoms with van der Waals surface area (Å²) in [6, 6.07) is -5.56. The van der Waals surface area contributed by atoms with Crippen LogP contribution in [0.5, 0.6) is 0 Å². The van der Waals surface area contributed by atoms with Crippen molar-refractivity contribution < 1.29 is 39.0 Å². The Balaban J connectivity index is 5.19. The molecule has 0 bridgehead atoms. The lowest BCUT2D eigenvalue weighted by Gasteiger charge is -2.23. The molecule has 0 aromatic carbocycles.